The molecule has 0 bridgehead atoms. The van der Waals surface area contributed by atoms with Crippen LogP contribution in [0, 0.1) is 0 Å². The highest BCUT2D eigenvalue weighted by atomic mass is 15.2. The van der Waals surface area contributed by atoms with Crippen molar-refractivity contribution >= 4 is 113 Å². The van der Waals surface area contributed by atoms with Crippen LogP contribution in [0.15, 0.2) is 279 Å². The Hall–Kier alpha value is -10.2. The van der Waals surface area contributed by atoms with Crippen molar-refractivity contribution in [3.63, 3.8) is 0 Å². The van der Waals surface area contributed by atoms with Gasteiger partial charge >= 0.3 is 0 Å². The molecule has 4 heterocycles. The molecule has 0 N–H and O–H groups in total. The van der Waals surface area contributed by atoms with E-state index in [9.17, 15) is 0 Å². The van der Waals surface area contributed by atoms with Crippen LogP contribution in [0.1, 0.15) is 0 Å². The van der Waals surface area contributed by atoms with Gasteiger partial charge in [-0.2, -0.15) is 0 Å². The molecule has 366 valence electrons. The van der Waals surface area contributed by atoms with Gasteiger partial charge in [-0.15, -0.1) is 0 Å². The molecular formula is C76H46B2N2. The Morgan fingerprint density at radius 2 is 0.512 bits per heavy atom. The molecule has 0 atom stereocenters. The Bertz CT molecular complexity index is 4590. The summed E-state index contributed by atoms with van der Waals surface area (Å²) in [5, 5.41) is 8.06. The van der Waals surface area contributed by atoms with E-state index in [4.69, 9.17) is 0 Å². The predicted octanol–water partition coefficient (Wildman–Crippen LogP) is 15.8. The molecule has 0 aliphatic carbocycles. The van der Waals surface area contributed by atoms with Gasteiger partial charge in [0.15, 0.2) is 0 Å². The van der Waals surface area contributed by atoms with Crippen molar-refractivity contribution in [1.82, 2.24) is 0 Å². The number of hydrogen-bond acceptors (Lipinski definition) is 2. The molecule has 0 saturated heterocycles. The number of anilines is 6. The zero-order valence-corrected chi connectivity index (χ0v) is 43.6. The first-order valence-corrected chi connectivity index (χ1v) is 28.1. The largest absolute Gasteiger partial charge is 0.311 e. The van der Waals surface area contributed by atoms with Gasteiger partial charge < -0.3 is 9.80 Å². The number of fused-ring (bicyclic) bond motifs is 8. The van der Waals surface area contributed by atoms with Gasteiger partial charge in [0.2, 0.25) is 13.4 Å². The van der Waals surface area contributed by atoms with Gasteiger partial charge in [-0.25, -0.2) is 0 Å². The van der Waals surface area contributed by atoms with E-state index in [2.05, 4.69) is 289 Å². The van der Waals surface area contributed by atoms with Crippen LogP contribution in [0.5, 0.6) is 0 Å². The van der Waals surface area contributed by atoms with Crippen LogP contribution in [0.4, 0.5) is 34.1 Å². The van der Waals surface area contributed by atoms with E-state index in [0.717, 1.165) is 0 Å². The van der Waals surface area contributed by atoms with E-state index >= 15 is 0 Å². The molecule has 0 radical (unpaired) electrons. The quantitative estimate of drug-likeness (QED) is 0.121. The Kier molecular flexibility index (Phi) is 9.15. The molecule has 0 unspecified atom stereocenters. The van der Waals surface area contributed by atoms with Gasteiger partial charge in [-0.1, -0.05) is 241 Å². The van der Waals surface area contributed by atoms with E-state index in [1.54, 1.807) is 0 Å². The molecule has 2 nitrogen and oxygen atoms in total. The molecule has 0 amide bonds. The van der Waals surface area contributed by atoms with Crippen LogP contribution in [0.3, 0.4) is 0 Å². The summed E-state index contributed by atoms with van der Waals surface area (Å²) < 4.78 is 0. The van der Waals surface area contributed by atoms with Crippen molar-refractivity contribution in [2.75, 3.05) is 9.80 Å². The molecule has 14 aromatic rings. The molecule has 0 saturated carbocycles. The molecule has 0 spiro atoms. The maximum Gasteiger partial charge on any atom is 0.248 e. The summed E-state index contributed by atoms with van der Waals surface area (Å²) in [6.45, 7) is -0.0405. The van der Waals surface area contributed by atoms with E-state index in [0.29, 0.717) is 0 Å². The maximum absolute atomic E-state index is 2.65. The lowest BCUT2D eigenvalue weighted by Crippen LogP contribution is -2.60. The smallest absolute Gasteiger partial charge is 0.248 e. The highest BCUT2D eigenvalue weighted by molar-refractivity contribution is 7.02. The Balaban J connectivity index is 0.984. The van der Waals surface area contributed by atoms with Gasteiger partial charge in [0.1, 0.15) is 0 Å². The third-order valence-corrected chi connectivity index (χ3v) is 18.2. The van der Waals surface area contributed by atoms with Crippen molar-refractivity contribution < 1.29 is 0 Å². The molecular weight excluding hydrogens is 962 g/mol. The second kappa shape index (κ2) is 16.7. The fourth-order valence-corrected chi connectivity index (χ4v) is 15.1. The minimum absolute atomic E-state index is 0.0202. The van der Waals surface area contributed by atoms with Crippen LogP contribution >= 0.6 is 0 Å². The zero-order valence-electron chi connectivity index (χ0n) is 43.6. The normalized spacial score (nSPS) is 13.2. The van der Waals surface area contributed by atoms with Crippen molar-refractivity contribution in [1.29, 1.82) is 0 Å². The summed E-state index contributed by atoms with van der Waals surface area (Å²) in [7, 11) is 0. The highest BCUT2D eigenvalue weighted by Gasteiger charge is 2.45. The van der Waals surface area contributed by atoms with E-state index < -0.39 is 0 Å². The SMILES string of the molecule is c1ccc(-c2ccccc2N2c3ccccc3B3c4c(cccc42)-c2cc(-c4ccccc4)c4cc5c6c(cc(-c7ccccc7)c7cc3c2c4c76)-c2cccc3c2B5c2ccccc2N3c2ccccc2-c2ccccc2)cc1. The minimum Gasteiger partial charge on any atom is -0.311 e. The third kappa shape index (κ3) is 5.94. The molecule has 0 aromatic heterocycles. The number of rotatable bonds is 6. The van der Waals surface area contributed by atoms with Crippen LogP contribution in [0.2, 0.25) is 0 Å². The van der Waals surface area contributed by atoms with Crippen LogP contribution < -0.4 is 42.6 Å². The minimum atomic E-state index is -0.0202. The number of hydrogen-bond donors (Lipinski definition) is 0. The number of nitrogens with zero attached hydrogens (tertiary/aromatic N) is 2. The molecule has 0 fully saturated rings. The third-order valence-electron chi connectivity index (χ3n) is 18.2. The molecule has 4 heteroatoms. The molecule has 18 rings (SSSR count). The second-order valence-electron chi connectivity index (χ2n) is 22.1. The van der Waals surface area contributed by atoms with Crippen molar-refractivity contribution in [2.24, 2.45) is 0 Å². The van der Waals surface area contributed by atoms with E-state index in [1.165, 1.54) is 166 Å². The van der Waals surface area contributed by atoms with E-state index in [1.807, 2.05) is 0 Å². The lowest BCUT2D eigenvalue weighted by atomic mass is 9.31. The average molecular weight is 1010 g/mol. The topological polar surface area (TPSA) is 6.48 Å². The Labute approximate surface area is 465 Å². The summed E-state index contributed by atoms with van der Waals surface area (Å²) in [6, 6.07) is 105. The fourth-order valence-electron chi connectivity index (χ4n) is 15.1. The first kappa shape index (κ1) is 43.9. The summed E-state index contributed by atoms with van der Waals surface area (Å²) in [6.07, 6.45) is 0. The summed E-state index contributed by atoms with van der Waals surface area (Å²) in [5.41, 5.74) is 30.3. The molecule has 4 aliphatic rings. The second-order valence-corrected chi connectivity index (χ2v) is 22.1. The van der Waals surface area contributed by atoms with Crippen molar-refractivity contribution in [3.8, 4) is 66.8 Å². The fraction of sp³-hybridized carbons (Fsp3) is 0. The van der Waals surface area contributed by atoms with Gasteiger partial charge in [-0.3, -0.25) is 0 Å². The lowest BCUT2D eigenvalue weighted by Gasteiger charge is -2.42. The first-order chi connectivity index (χ1) is 39.8. The highest BCUT2D eigenvalue weighted by Crippen LogP contribution is 2.53. The van der Waals surface area contributed by atoms with Crippen molar-refractivity contribution in [2.45, 2.75) is 0 Å². The van der Waals surface area contributed by atoms with Crippen LogP contribution in [-0.4, -0.2) is 13.4 Å². The maximum atomic E-state index is 2.65. The lowest BCUT2D eigenvalue weighted by molar-refractivity contribution is 1.29. The summed E-state index contributed by atoms with van der Waals surface area (Å²) in [5.74, 6) is 0. The van der Waals surface area contributed by atoms with E-state index in [-0.39, 0.29) is 13.4 Å². The van der Waals surface area contributed by atoms with Gasteiger partial charge in [-0.05, 0) is 158 Å². The summed E-state index contributed by atoms with van der Waals surface area (Å²) in [4.78, 5) is 5.11. The Morgan fingerprint density at radius 1 is 0.200 bits per heavy atom. The first-order valence-electron chi connectivity index (χ1n) is 28.1. The van der Waals surface area contributed by atoms with Crippen LogP contribution in [0.25, 0.3) is 99.1 Å². The summed E-state index contributed by atoms with van der Waals surface area (Å²) >= 11 is 0. The molecule has 14 aromatic carbocycles. The zero-order chi connectivity index (χ0) is 52.2. The number of para-hydroxylation sites is 4. The van der Waals surface area contributed by atoms with Gasteiger partial charge in [0.25, 0.3) is 0 Å². The molecule has 4 aliphatic heterocycles. The predicted molar refractivity (Wildman–Crippen MR) is 341 cm³/mol. The van der Waals surface area contributed by atoms with Crippen molar-refractivity contribution in [3.05, 3.63) is 279 Å². The Morgan fingerprint density at radius 3 is 0.912 bits per heavy atom. The standard InChI is InChI=1S/C76H46B2N2/c1-5-23-47(24-6-1)51-31-13-17-37-65(51)79-67-39-19-15-35-61(67)77-63-45-59-56(50-29-11-4-12-30-50)44-58-54-34-22-42-70-76(54)78(62-36-16-20-40-68(62)80(70)66-38-18-14-32-52(66)48-25-7-2-8-26-48)64-46-60-55(49-27-9-3-10-28-49)43-57(53-33-21-41-69(79)75(53)77)71(63)73(60)74(59)72(58)64/h1-46H. The van der Waals surface area contributed by atoms with Gasteiger partial charge in [0, 0.05) is 33.9 Å². The van der Waals surface area contributed by atoms with Gasteiger partial charge in [0.05, 0.1) is 11.4 Å². The average Bonchev–Trinajstić information content (AvgIpc) is 2.16. The number of benzene rings is 14. The van der Waals surface area contributed by atoms with Crippen LogP contribution in [-0.2, 0) is 0 Å². The molecule has 80 heavy (non-hydrogen) atoms. The monoisotopic (exact) mass is 1010 g/mol.